The van der Waals surface area contributed by atoms with Gasteiger partial charge in [-0.05, 0) is 64.5 Å². The maximum absolute atomic E-state index is 17.2. The first-order valence-electron chi connectivity index (χ1n) is 11.3. The molecule has 5 aliphatic rings. The molecule has 1 saturated heterocycles. The number of ether oxygens (including phenoxy) is 2. The first-order valence-corrected chi connectivity index (χ1v) is 11.3. The Morgan fingerprint density at radius 1 is 1.26 bits per heavy atom. The summed E-state index contributed by atoms with van der Waals surface area (Å²) in [6.07, 6.45) is 3.15. The molecule has 7 heteroatoms. The maximum Gasteiger partial charge on any atom is 0.178 e. The van der Waals surface area contributed by atoms with E-state index in [1.165, 1.54) is 12.2 Å². The van der Waals surface area contributed by atoms with Crippen LogP contribution in [0.15, 0.2) is 23.8 Å². The second-order valence-electron chi connectivity index (χ2n) is 11.1. The van der Waals surface area contributed by atoms with Crippen LogP contribution in [0.1, 0.15) is 53.4 Å². The lowest BCUT2D eigenvalue weighted by atomic mass is 9.44. The second kappa shape index (κ2) is 6.26. The fraction of sp³-hybridized carbons (Fsp3) is 0.792. The van der Waals surface area contributed by atoms with Crippen molar-refractivity contribution in [2.24, 2.45) is 22.7 Å². The largest absolute Gasteiger partial charge is 0.394 e. The van der Waals surface area contributed by atoms with Crippen LogP contribution in [0, 0.1) is 22.7 Å². The van der Waals surface area contributed by atoms with Gasteiger partial charge in [0.15, 0.2) is 17.2 Å². The summed E-state index contributed by atoms with van der Waals surface area (Å²) in [5.74, 6) is -1.81. The third-order valence-corrected chi connectivity index (χ3v) is 9.38. The van der Waals surface area contributed by atoms with Crippen molar-refractivity contribution in [1.82, 2.24) is 0 Å². The zero-order valence-electron chi connectivity index (χ0n) is 18.6. The molecule has 1 unspecified atom stereocenters. The number of aliphatic hydroxyl groups excluding tert-OH is 3. The third-order valence-electron chi connectivity index (χ3n) is 9.38. The molecule has 4 fully saturated rings. The molecule has 0 bridgehead atoms. The minimum Gasteiger partial charge on any atom is -0.394 e. The predicted molar refractivity (Wildman–Crippen MR) is 110 cm³/mol. The topological polar surface area (TPSA) is 96.2 Å². The molecule has 1 aliphatic heterocycles. The van der Waals surface area contributed by atoms with E-state index in [9.17, 15) is 20.1 Å². The van der Waals surface area contributed by atoms with E-state index in [4.69, 9.17) is 9.47 Å². The second-order valence-corrected chi connectivity index (χ2v) is 11.1. The monoisotopic (exact) mass is 436 g/mol. The summed E-state index contributed by atoms with van der Waals surface area (Å²) in [6.45, 7) is 6.77. The van der Waals surface area contributed by atoms with Crippen molar-refractivity contribution in [1.29, 1.82) is 0 Å². The van der Waals surface area contributed by atoms with Gasteiger partial charge in [0, 0.05) is 16.7 Å². The van der Waals surface area contributed by atoms with Gasteiger partial charge < -0.3 is 24.8 Å². The van der Waals surface area contributed by atoms with E-state index in [1.54, 1.807) is 26.8 Å². The highest BCUT2D eigenvalue weighted by molar-refractivity contribution is 6.01. The minimum absolute atomic E-state index is 0.0717. The van der Waals surface area contributed by atoms with Crippen LogP contribution in [0.3, 0.4) is 0 Å². The maximum atomic E-state index is 17.2. The first kappa shape index (κ1) is 21.7. The Morgan fingerprint density at radius 2 is 1.97 bits per heavy atom. The molecule has 172 valence electrons. The smallest absolute Gasteiger partial charge is 0.178 e. The number of carbonyl (C=O) groups excluding carboxylic acids is 1. The lowest BCUT2D eigenvalue weighted by Crippen LogP contribution is -2.70. The van der Waals surface area contributed by atoms with Gasteiger partial charge in [-0.2, -0.15) is 0 Å². The van der Waals surface area contributed by atoms with E-state index >= 15 is 4.39 Å². The fourth-order valence-electron chi connectivity index (χ4n) is 8.11. The molecule has 3 N–H and O–H groups in total. The van der Waals surface area contributed by atoms with Crippen LogP contribution in [0.4, 0.5) is 4.39 Å². The zero-order chi connectivity index (χ0) is 22.6. The number of carbonyl (C=O) groups is 1. The van der Waals surface area contributed by atoms with Crippen LogP contribution in [-0.4, -0.2) is 63.1 Å². The highest BCUT2D eigenvalue weighted by Gasteiger charge is 2.79. The van der Waals surface area contributed by atoms with Crippen molar-refractivity contribution in [2.75, 3.05) is 6.61 Å². The number of fused-ring (bicyclic) bond motifs is 7. The van der Waals surface area contributed by atoms with Gasteiger partial charge in [0.2, 0.25) is 0 Å². The zero-order valence-corrected chi connectivity index (χ0v) is 18.6. The van der Waals surface area contributed by atoms with Crippen molar-refractivity contribution >= 4 is 5.78 Å². The molecule has 4 aliphatic carbocycles. The summed E-state index contributed by atoms with van der Waals surface area (Å²) < 4.78 is 29.7. The summed E-state index contributed by atoms with van der Waals surface area (Å²) in [7, 11) is 0. The van der Waals surface area contributed by atoms with E-state index in [2.05, 4.69) is 0 Å². The van der Waals surface area contributed by atoms with Crippen LogP contribution in [0.25, 0.3) is 0 Å². The number of allylic oxidation sites excluding steroid dienone is 4. The van der Waals surface area contributed by atoms with Crippen molar-refractivity contribution in [2.45, 2.75) is 88.7 Å². The van der Waals surface area contributed by atoms with E-state index in [0.717, 1.165) is 5.57 Å². The molecular formula is C24H33FO6. The van der Waals surface area contributed by atoms with Gasteiger partial charge in [0.1, 0.15) is 11.7 Å². The van der Waals surface area contributed by atoms with E-state index in [-0.39, 0.29) is 18.1 Å². The molecule has 6 nitrogen and oxygen atoms in total. The predicted octanol–water partition coefficient (Wildman–Crippen LogP) is 2.21. The number of halogens is 1. The SMILES string of the molecule is CC1(C)O[C@@H]2C[C@H]3[C@@H]4CCC5=CC(=O)C=C[C@]5(C)[C@@]4(F)[C@@H](O)C[C@]3(C)[C@]2(C(O)CO)O1. The molecule has 0 radical (unpaired) electrons. The Hall–Kier alpha value is -1.12. The number of ketones is 1. The van der Waals surface area contributed by atoms with Crippen molar-refractivity contribution in [3.8, 4) is 0 Å². The fourth-order valence-corrected chi connectivity index (χ4v) is 8.11. The van der Waals surface area contributed by atoms with Gasteiger partial charge in [0.05, 0.1) is 18.8 Å². The summed E-state index contributed by atoms with van der Waals surface area (Å²) in [5.41, 5.74) is -4.30. The molecule has 31 heavy (non-hydrogen) atoms. The number of alkyl halides is 1. The average molecular weight is 437 g/mol. The summed E-state index contributed by atoms with van der Waals surface area (Å²) >= 11 is 0. The van der Waals surface area contributed by atoms with Crippen molar-refractivity contribution < 1.29 is 34.0 Å². The molecule has 3 saturated carbocycles. The van der Waals surface area contributed by atoms with Gasteiger partial charge in [-0.1, -0.05) is 18.6 Å². The van der Waals surface area contributed by atoms with Gasteiger partial charge in [-0.3, -0.25) is 4.79 Å². The Kier molecular flexibility index (Phi) is 4.38. The lowest BCUT2D eigenvalue weighted by Gasteiger charge is -2.63. The Labute approximate surface area is 182 Å². The summed E-state index contributed by atoms with van der Waals surface area (Å²) in [4.78, 5) is 12.0. The quantitative estimate of drug-likeness (QED) is 0.614. The van der Waals surface area contributed by atoms with Crippen molar-refractivity contribution in [3.63, 3.8) is 0 Å². The van der Waals surface area contributed by atoms with Crippen LogP contribution in [-0.2, 0) is 14.3 Å². The van der Waals surface area contributed by atoms with Crippen molar-refractivity contribution in [3.05, 3.63) is 23.8 Å². The molecular weight excluding hydrogens is 403 g/mol. The average Bonchev–Trinajstić information content (AvgIpc) is 3.09. The van der Waals surface area contributed by atoms with E-state index in [0.29, 0.717) is 19.3 Å². The number of aliphatic hydroxyl groups is 3. The van der Waals surface area contributed by atoms with Gasteiger partial charge >= 0.3 is 0 Å². The molecule has 0 spiro atoms. The number of hydrogen-bond donors (Lipinski definition) is 3. The highest BCUT2D eigenvalue weighted by Crippen LogP contribution is 2.72. The Bertz CT molecular complexity index is 883. The molecule has 0 aromatic carbocycles. The first-order chi connectivity index (χ1) is 14.4. The molecule has 0 aromatic heterocycles. The van der Waals surface area contributed by atoms with E-state index < -0.39 is 58.7 Å². The Morgan fingerprint density at radius 3 is 2.65 bits per heavy atom. The third kappa shape index (κ3) is 2.37. The molecule has 0 amide bonds. The number of hydrogen-bond acceptors (Lipinski definition) is 6. The standard InChI is InChI=1S/C24H33FO6/c1-20(2)30-19-10-16-15-6-5-13-9-14(27)7-8-21(13,3)23(15,25)17(28)11-22(16,4)24(19,31-20)18(29)12-26/h7-9,15-19,26,28-29H,5-6,10-12H2,1-4H3/t15-,16-,17-,18?,19+,21-,22-,23-,24+/m0/s1. The van der Waals surface area contributed by atoms with Crippen LogP contribution >= 0.6 is 0 Å². The van der Waals surface area contributed by atoms with Crippen LogP contribution < -0.4 is 0 Å². The van der Waals surface area contributed by atoms with Gasteiger partial charge in [0.25, 0.3) is 0 Å². The minimum atomic E-state index is -1.95. The summed E-state index contributed by atoms with van der Waals surface area (Å²) in [5, 5.41) is 32.3. The number of rotatable bonds is 2. The lowest BCUT2D eigenvalue weighted by molar-refractivity contribution is -0.270. The molecule has 0 aromatic rings. The molecule has 9 atom stereocenters. The van der Waals surface area contributed by atoms with E-state index in [1.807, 2.05) is 6.92 Å². The normalized spacial score (nSPS) is 53.3. The Balaban J connectivity index is 1.63. The van der Waals surface area contributed by atoms with Crippen LogP contribution in [0.5, 0.6) is 0 Å². The summed E-state index contributed by atoms with van der Waals surface area (Å²) in [6, 6.07) is 0. The van der Waals surface area contributed by atoms with Gasteiger partial charge in [-0.25, -0.2) is 4.39 Å². The van der Waals surface area contributed by atoms with Crippen LogP contribution in [0.2, 0.25) is 0 Å². The van der Waals surface area contributed by atoms with Gasteiger partial charge in [-0.15, -0.1) is 0 Å². The highest BCUT2D eigenvalue weighted by atomic mass is 19.1. The molecule has 1 heterocycles. The molecule has 5 rings (SSSR count).